The van der Waals surface area contributed by atoms with Crippen molar-refractivity contribution < 1.29 is 22.7 Å². The quantitative estimate of drug-likeness (QED) is 0.682. The summed E-state index contributed by atoms with van der Waals surface area (Å²) in [5.74, 6) is 0.0405. The second-order valence-electron chi connectivity index (χ2n) is 4.14. The van der Waals surface area contributed by atoms with Gasteiger partial charge in [-0.25, -0.2) is 8.42 Å². The first-order valence-corrected chi connectivity index (χ1v) is 8.28. The smallest absolute Gasteiger partial charge is 0.321 e. The number of rotatable bonds is 8. The molecule has 0 radical (unpaired) electrons. The minimum absolute atomic E-state index is 0.122. The van der Waals surface area contributed by atoms with Crippen LogP contribution in [0.3, 0.4) is 0 Å². The van der Waals surface area contributed by atoms with Crippen LogP contribution in [-0.2, 0) is 19.6 Å². The molecule has 0 aliphatic heterocycles. The molecule has 21 heavy (non-hydrogen) atoms. The van der Waals surface area contributed by atoms with Crippen molar-refractivity contribution >= 4 is 16.0 Å². The molecular formula is C14H21NO5S. The van der Waals surface area contributed by atoms with E-state index in [1.165, 1.54) is 12.1 Å². The highest BCUT2D eigenvalue weighted by molar-refractivity contribution is 7.89. The molecule has 0 fully saturated rings. The van der Waals surface area contributed by atoms with E-state index in [2.05, 4.69) is 0 Å². The molecule has 0 amide bonds. The molecule has 0 bridgehead atoms. The van der Waals surface area contributed by atoms with Gasteiger partial charge in [0.15, 0.2) is 0 Å². The largest absolute Gasteiger partial charge is 0.494 e. The van der Waals surface area contributed by atoms with E-state index in [4.69, 9.17) is 9.47 Å². The molecule has 0 aromatic heterocycles. The lowest BCUT2D eigenvalue weighted by atomic mass is 10.3. The van der Waals surface area contributed by atoms with E-state index in [9.17, 15) is 13.2 Å². The monoisotopic (exact) mass is 315 g/mol. The van der Waals surface area contributed by atoms with Gasteiger partial charge in [-0.15, -0.1) is 0 Å². The number of ether oxygens (including phenoxy) is 2. The summed E-state index contributed by atoms with van der Waals surface area (Å²) in [6.45, 7) is 5.83. The Labute approximate surface area is 125 Å². The van der Waals surface area contributed by atoms with Crippen LogP contribution < -0.4 is 4.74 Å². The average Bonchev–Trinajstić information content (AvgIpc) is 2.46. The van der Waals surface area contributed by atoms with Gasteiger partial charge in [-0.3, -0.25) is 4.79 Å². The Kier molecular flexibility index (Phi) is 6.64. The van der Waals surface area contributed by atoms with Gasteiger partial charge in [0.25, 0.3) is 0 Å². The molecule has 0 heterocycles. The Hall–Kier alpha value is -1.60. The Morgan fingerprint density at radius 1 is 1.10 bits per heavy atom. The summed E-state index contributed by atoms with van der Waals surface area (Å²) >= 11 is 0. The summed E-state index contributed by atoms with van der Waals surface area (Å²) < 4.78 is 36.0. The first kappa shape index (κ1) is 17.5. The summed E-state index contributed by atoms with van der Waals surface area (Å²) in [7, 11) is -3.72. The maximum Gasteiger partial charge on any atom is 0.321 e. The zero-order valence-electron chi connectivity index (χ0n) is 12.5. The molecule has 118 valence electrons. The fourth-order valence-corrected chi connectivity index (χ4v) is 3.13. The van der Waals surface area contributed by atoms with Crippen molar-refractivity contribution in [2.24, 2.45) is 0 Å². The van der Waals surface area contributed by atoms with Crippen LogP contribution >= 0.6 is 0 Å². The van der Waals surface area contributed by atoms with E-state index in [-0.39, 0.29) is 24.6 Å². The fourth-order valence-electron chi connectivity index (χ4n) is 1.74. The van der Waals surface area contributed by atoms with Crippen LogP contribution in [0.4, 0.5) is 0 Å². The molecule has 0 unspecified atom stereocenters. The summed E-state index contributed by atoms with van der Waals surface area (Å²) in [4.78, 5) is 11.6. The zero-order chi connectivity index (χ0) is 15.9. The number of hydrogen-bond acceptors (Lipinski definition) is 5. The van der Waals surface area contributed by atoms with Gasteiger partial charge in [-0.2, -0.15) is 4.31 Å². The van der Waals surface area contributed by atoms with Crippen molar-refractivity contribution in [2.45, 2.75) is 25.7 Å². The standard InChI is InChI=1S/C14H21NO5S/c1-4-15(11-14(16)20-6-3)21(17,18)13-9-7-12(8-10-13)19-5-2/h7-10H,4-6,11H2,1-3H3. The van der Waals surface area contributed by atoms with E-state index >= 15 is 0 Å². The SMILES string of the molecule is CCOC(=O)CN(CC)S(=O)(=O)c1ccc(OCC)cc1. The lowest BCUT2D eigenvalue weighted by Gasteiger charge is -2.19. The Balaban J connectivity index is 2.93. The van der Waals surface area contributed by atoms with Gasteiger partial charge >= 0.3 is 5.97 Å². The maximum absolute atomic E-state index is 12.4. The zero-order valence-corrected chi connectivity index (χ0v) is 13.4. The van der Waals surface area contributed by atoms with Crippen molar-refractivity contribution in [3.05, 3.63) is 24.3 Å². The molecule has 0 N–H and O–H groups in total. The molecule has 0 atom stereocenters. The van der Waals surface area contributed by atoms with E-state index in [0.717, 1.165) is 4.31 Å². The molecule has 6 nitrogen and oxygen atoms in total. The number of carbonyl (C=O) groups is 1. The van der Waals surface area contributed by atoms with Gasteiger partial charge in [-0.05, 0) is 38.1 Å². The number of sulfonamides is 1. The first-order valence-electron chi connectivity index (χ1n) is 6.84. The molecule has 0 spiro atoms. The number of likely N-dealkylation sites (N-methyl/N-ethyl adjacent to an activating group) is 1. The van der Waals surface area contributed by atoms with Crippen molar-refractivity contribution in [2.75, 3.05) is 26.3 Å². The lowest BCUT2D eigenvalue weighted by Crippen LogP contribution is -2.36. The van der Waals surface area contributed by atoms with Crippen LogP contribution in [0.15, 0.2) is 29.2 Å². The number of carbonyl (C=O) groups excluding carboxylic acids is 1. The van der Waals surface area contributed by atoms with E-state index in [1.807, 2.05) is 6.92 Å². The fraction of sp³-hybridized carbons (Fsp3) is 0.500. The molecule has 0 aliphatic carbocycles. The number of benzene rings is 1. The van der Waals surface area contributed by atoms with Crippen LogP contribution in [0, 0.1) is 0 Å². The molecule has 1 aromatic rings. The van der Waals surface area contributed by atoms with Gasteiger partial charge in [0, 0.05) is 6.54 Å². The van der Waals surface area contributed by atoms with E-state index < -0.39 is 16.0 Å². The normalized spacial score (nSPS) is 11.4. The summed E-state index contributed by atoms with van der Waals surface area (Å²) in [5, 5.41) is 0. The molecule has 0 aliphatic rings. The Morgan fingerprint density at radius 3 is 2.19 bits per heavy atom. The Bertz CT molecular complexity index is 553. The summed E-state index contributed by atoms with van der Waals surface area (Å²) in [6, 6.07) is 6.12. The predicted octanol–water partition coefficient (Wildman–Crippen LogP) is 1.66. The van der Waals surface area contributed by atoms with Crippen molar-refractivity contribution in [3.8, 4) is 5.75 Å². The Morgan fingerprint density at radius 2 is 1.71 bits per heavy atom. The number of nitrogens with zero attached hydrogens (tertiary/aromatic N) is 1. The van der Waals surface area contributed by atoms with E-state index in [1.54, 1.807) is 26.0 Å². The molecule has 0 saturated carbocycles. The minimum Gasteiger partial charge on any atom is -0.494 e. The van der Waals surface area contributed by atoms with Crippen LogP contribution in [0.25, 0.3) is 0 Å². The third kappa shape index (κ3) is 4.71. The minimum atomic E-state index is -3.72. The van der Waals surface area contributed by atoms with Gasteiger partial charge in [0.05, 0.1) is 18.1 Å². The third-order valence-electron chi connectivity index (χ3n) is 2.74. The van der Waals surface area contributed by atoms with Crippen molar-refractivity contribution in [1.82, 2.24) is 4.31 Å². The van der Waals surface area contributed by atoms with Gasteiger partial charge in [-0.1, -0.05) is 6.92 Å². The average molecular weight is 315 g/mol. The highest BCUT2D eigenvalue weighted by Gasteiger charge is 2.25. The third-order valence-corrected chi connectivity index (χ3v) is 4.67. The number of esters is 1. The van der Waals surface area contributed by atoms with E-state index in [0.29, 0.717) is 12.4 Å². The van der Waals surface area contributed by atoms with Gasteiger partial charge in [0.1, 0.15) is 12.3 Å². The van der Waals surface area contributed by atoms with Crippen molar-refractivity contribution in [3.63, 3.8) is 0 Å². The maximum atomic E-state index is 12.4. The summed E-state index contributed by atoms with van der Waals surface area (Å²) in [5.41, 5.74) is 0. The second kappa shape index (κ2) is 7.99. The van der Waals surface area contributed by atoms with Crippen molar-refractivity contribution in [1.29, 1.82) is 0 Å². The van der Waals surface area contributed by atoms with Crippen LogP contribution in [0.2, 0.25) is 0 Å². The summed E-state index contributed by atoms with van der Waals surface area (Å²) in [6.07, 6.45) is 0. The molecule has 1 rings (SSSR count). The second-order valence-corrected chi connectivity index (χ2v) is 6.08. The number of hydrogen-bond donors (Lipinski definition) is 0. The van der Waals surface area contributed by atoms with Crippen LogP contribution in [0.5, 0.6) is 5.75 Å². The topological polar surface area (TPSA) is 72.9 Å². The molecular weight excluding hydrogens is 294 g/mol. The molecule has 0 saturated heterocycles. The van der Waals surface area contributed by atoms with Gasteiger partial charge < -0.3 is 9.47 Å². The highest BCUT2D eigenvalue weighted by atomic mass is 32.2. The highest BCUT2D eigenvalue weighted by Crippen LogP contribution is 2.19. The van der Waals surface area contributed by atoms with Gasteiger partial charge in [0.2, 0.25) is 10.0 Å². The molecule has 7 heteroatoms. The first-order chi connectivity index (χ1) is 9.95. The van der Waals surface area contributed by atoms with Crippen LogP contribution in [-0.4, -0.2) is 45.0 Å². The van der Waals surface area contributed by atoms with Crippen LogP contribution in [0.1, 0.15) is 20.8 Å². The predicted molar refractivity (Wildman–Crippen MR) is 78.7 cm³/mol. The molecule has 1 aromatic carbocycles. The lowest BCUT2D eigenvalue weighted by molar-refractivity contribution is -0.143.